The minimum atomic E-state index is 0.0959. The van der Waals surface area contributed by atoms with Gasteiger partial charge >= 0.3 is 0 Å². The standard InChI is InChI=1S/C45H32ClN5O2/c1-28-23-34-11-5-7-13-39(34)42(44(28)52)50-48-37-20-17-31(18-21-37)36(27-47)25-33-10-4-3-9-30(33)15-16-32-19-22-38(26-41(32)46)49-51-43-40-14-8-6-12-35(40)24-29(2)45(43)53/h3-26,52-53H,1-2H3/b16-15+,36-25-,50-48?,51-49?. The lowest BCUT2D eigenvalue weighted by Crippen LogP contribution is -1.85. The summed E-state index contributed by atoms with van der Waals surface area (Å²) in [5.74, 6) is 0.195. The third-order valence-electron chi connectivity index (χ3n) is 8.92. The topological polar surface area (TPSA) is 114 Å². The number of rotatable bonds is 8. The lowest BCUT2D eigenvalue weighted by atomic mass is 10.00. The van der Waals surface area contributed by atoms with Gasteiger partial charge in [0, 0.05) is 10.8 Å². The number of fused-ring (bicyclic) bond motifs is 2. The van der Waals surface area contributed by atoms with Crippen LogP contribution in [0.5, 0.6) is 11.5 Å². The SMILES string of the molecule is Cc1cc2ccccc2c(N=Nc2ccc(/C(C#N)=C\c3ccccc3/C=C/c3ccc(N=Nc4c(O)c(C)cc5ccccc45)cc3Cl)cc2)c1O. The quantitative estimate of drug-likeness (QED) is 0.0929. The second-order valence-corrected chi connectivity index (χ2v) is 12.9. The average molecular weight is 710 g/mol. The van der Waals surface area contributed by atoms with Crippen LogP contribution in [-0.4, -0.2) is 10.2 Å². The summed E-state index contributed by atoms with van der Waals surface area (Å²) in [5.41, 5.74) is 7.17. The molecule has 0 saturated carbocycles. The molecule has 0 bridgehead atoms. The van der Waals surface area contributed by atoms with Crippen molar-refractivity contribution in [1.29, 1.82) is 5.26 Å². The van der Waals surface area contributed by atoms with Gasteiger partial charge in [-0.1, -0.05) is 115 Å². The fourth-order valence-corrected chi connectivity index (χ4v) is 6.30. The van der Waals surface area contributed by atoms with Gasteiger partial charge in [-0.25, -0.2) is 0 Å². The summed E-state index contributed by atoms with van der Waals surface area (Å²) < 4.78 is 0. The molecule has 0 fully saturated rings. The fourth-order valence-electron chi connectivity index (χ4n) is 6.06. The molecule has 0 aliphatic carbocycles. The van der Waals surface area contributed by atoms with E-state index >= 15 is 0 Å². The Labute approximate surface area is 311 Å². The van der Waals surface area contributed by atoms with Gasteiger partial charge in [-0.15, -0.1) is 10.2 Å². The molecule has 7 nitrogen and oxygen atoms in total. The highest BCUT2D eigenvalue weighted by molar-refractivity contribution is 6.32. The van der Waals surface area contributed by atoms with E-state index in [0.29, 0.717) is 33.3 Å². The van der Waals surface area contributed by atoms with Crippen LogP contribution in [-0.2, 0) is 0 Å². The Morgan fingerprint density at radius 1 is 0.585 bits per heavy atom. The van der Waals surface area contributed by atoms with E-state index in [9.17, 15) is 15.5 Å². The number of phenols is 2. The predicted octanol–water partition coefficient (Wildman–Crippen LogP) is 13.7. The van der Waals surface area contributed by atoms with Gasteiger partial charge in [0.2, 0.25) is 0 Å². The molecular weight excluding hydrogens is 678 g/mol. The zero-order valence-electron chi connectivity index (χ0n) is 28.9. The Hall–Kier alpha value is -6.88. The van der Waals surface area contributed by atoms with Crippen LogP contribution in [0.2, 0.25) is 5.02 Å². The molecule has 0 amide bonds. The summed E-state index contributed by atoms with van der Waals surface area (Å²) in [6.07, 6.45) is 5.72. The first-order chi connectivity index (χ1) is 25.8. The Morgan fingerprint density at radius 2 is 1.09 bits per heavy atom. The number of halogens is 1. The van der Waals surface area contributed by atoms with Crippen molar-refractivity contribution in [3.05, 3.63) is 166 Å². The van der Waals surface area contributed by atoms with E-state index in [2.05, 4.69) is 26.5 Å². The smallest absolute Gasteiger partial charge is 0.146 e. The van der Waals surface area contributed by atoms with Crippen LogP contribution in [0.15, 0.2) is 148 Å². The molecule has 8 heteroatoms. The molecule has 0 saturated heterocycles. The van der Waals surface area contributed by atoms with Gasteiger partial charge in [-0.2, -0.15) is 15.5 Å². The van der Waals surface area contributed by atoms with Crippen molar-refractivity contribution in [3.63, 3.8) is 0 Å². The summed E-state index contributed by atoms with van der Waals surface area (Å²) in [5, 5.41) is 53.1. The van der Waals surface area contributed by atoms with Crippen molar-refractivity contribution in [1.82, 2.24) is 0 Å². The number of phenolic OH excluding ortho intramolecular Hbond substituents is 2. The maximum atomic E-state index is 10.7. The third-order valence-corrected chi connectivity index (χ3v) is 9.25. The monoisotopic (exact) mass is 709 g/mol. The van der Waals surface area contributed by atoms with E-state index in [1.807, 2.05) is 141 Å². The van der Waals surface area contributed by atoms with E-state index in [4.69, 9.17) is 11.6 Å². The summed E-state index contributed by atoms with van der Waals surface area (Å²) in [7, 11) is 0. The van der Waals surface area contributed by atoms with Crippen LogP contribution in [0.4, 0.5) is 22.7 Å². The molecule has 7 aromatic carbocycles. The Kier molecular flexibility index (Phi) is 9.89. The van der Waals surface area contributed by atoms with E-state index in [-0.39, 0.29) is 11.5 Å². The summed E-state index contributed by atoms with van der Waals surface area (Å²) in [6.45, 7) is 3.67. The van der Waals surface area contributed by atoms with Crippen molar-refractivity contribution in [3.8, 4) is 17.6 Å². The molecule has 2 N–H and O–H groups in total. The number of nitriles is 1. The molecule has 7 rings (SSSR count). The Balaban J connectivity index is 1.09. The molecule has 0 aromatic heterocycles. The van der Waals surface area contributed by atoms with Crippen molar-refractivity contribution in [2.45, 2.75) is 13.8 Å². The number of azo groups is 2. The van der Waals surface area contributed by atoms with Gasteiger partial charge in [0.1, 0.15) is 22.9 Å². The number of nitrogens with zero attached hydrogens (tertiary/aromatic N) is 5. The highest BCUT2D eigenvalue weighted by Gasteiger charge is 2.12. The normalized spacial score (nSPS) is 12.1. The zero-order valence-corrected chi connectivity index (χ0v) is 29.6. The molecule has 0 aliphatic rings. The average Bonchev–Trinajstić information content (AvgIpc) is 3.17. The molecule has 0 heterocycles. The molecule has 0 atom stereocenters. The maximum absolute atomic E-state index is 10.7. The first-order valence-corrected chi connectivity index (χ1v) is 17.2. The van der Waals surface area contributed by atoms with Gasteiger partial charge in [0.05, 0.1) is 28.0 Å². The van der Waals surface area contributed by atoms with Crippen molar-refractivity contribution in [2.24, 2.45) is 20.5 Å². The summed E-state index contributed by atoms with van der Waals surface area (Å²) in [4.78, 5) is 0. The first kappa shape index (κ1) is 34.6. The van der Waals surface area contributed by atoms with Crippen LogP contribution < -0.4 is 0 Å². The van der Waals surface area contributed by atoms with E-state index in [1.165, 1.54) is 0 Å². The number of aryl methyl sites for hydroxylation is 2. The molecule has 256 valence electrons. The molecule has 0 spiro atoms. The van der Waals surface area contributed by atoms with Crippen molar-refractivity contribution in [2.75, 3.05) is 0 Å². The van der Waals surface area contributed by atoms with Crippen LogP contribution >= 0.6 is 11.6 Å². The van der Waals surface area contributed by atoms with Crippen LogP contribution in [0.25, 0.3) is 45.3 Å². The molecule has 7 aromatic rings. The highest BCUT2D eigenvalue weighted by Crippen LogP contribution is 2.40. The molecule has 0 radical (unpaired) electrons. The van der Waals surface area contributed by atoms with Crippen LogP contribution in [0, 0.1) is 25.2 Å². The van der Waals surface area contributed by atoms with E-state index < -0.39 is 0 Å². The lowest BCUT2D eigenvalue weighted by molar-refractivity contribution is 0.472. The number of aromatic hydroxyl groups is 2. The van der Waals surface area contributed by atoms with Crippen LogP contribution in [0.1, 0.15) is 33.4 Å². The summed E-state index contributed by atoms with van der Waals surface area (Å²) >= 11 is 6.68. The first-order valence-electron chi connectivity index (χ1n) is 16.8. The molecular formula is C45H32ClN5O2. The minimum absolute atomic E-state index is 0.0959. The predicted molar refractivity (Wildman–Crippen MR) is 216 cm³/mol. The van der Waals surface area contributed by atoms with Gasteiger partial charge in [0.25, 0.3) is 0 Å². The van der Waals surface area contributed by atoms with Gasteiger partial charge in [0.15, 0.2) is 0 Å². The fraction of sp³-hybridized carbons (Fsp3) is 0.0444. The Bertz CT molecular complexity index is 2690. The third kappa shape index (κ3) is 7.45. The number of benzene rings is 7. The highest BCUT2D eigenvalue weighted by atomic mass is 35.5. The molecule has 53 heavy (non-hydrogen) atoms. The maximum Gasteiger partial charge on any atom is 0.146 e. The molecule has 0 aliphatic heterocycles. The second-order valence-electron chi connectivity index (χ2n) is 12.5. The lowest BCUT2D eigenvalue weighted by Gasteiger charge is -2.07. The van der Waals surface area contributed by atoms with E-state index in [0.717, 1.165) is 54.9 Å². The number of hydrogen-bond acceptors (Lipinski definition) is 7. The zero-order chi connectivity index (χ0) is 36.9. The molecule has 0 unspecified atom stereocenters. The number of allylic oxidation sites excluding steroid dienone is 1. The van der Waals surface area contributed by atoms with Crippen molar-refractivity contribution < 1.29 is 10.2 Å². The van der Waals surface area contributed by atoms with Crippen molar-refractivity contribution >= 4 is 79.7 Å². The largest absolute Gasteiger partial charge is 0.505 e. The summed E-state index contributed by atoms with van der Waals surface area (Å²) in [6, 6.07) is 42.1. The van der Waals surface area contributed by atoms with Gasteiger partial charge < -0.3 is 10.2 Å². The van der Waals surface area contributed by atoms with Gasteiger partial charge in [-0.05, 0) is 100 Å². The van der Waals surface area contributed by atoms with Gasteiger partial charge in [-0.3, -0.25) is 0 Å². The van der Waals surface area contributed by atoms with Crippen LogP contribution in [0.3, 0.4) is 0 Å². The van der Waals surface area contributed by atoms with E-state index in [1.54, 1.807) is 18.2 Å². The Morgan fingerprint density at radius 3 is 1.68 bits per heavy atom. The number of hydrogen-bond donors (Lipinski definition) is 2. The minimum Gasteiger partial charge on any atom is -0.505 e. The second kappa shape index (κ2) is 15.2.